The SMILES string of the molecule is O=C(O)c1c(OC(F)(F)F)cnc(C(F)F)c1[N+](=O)[O-]. The second-order valence-corrected chi connectivity index (χ2v) is 3.14. The summed E-state index contributed by atoms with van der Waals surface area (Å²) in [6.07, 6.45) is -8.88. The fourth-order valence-electron chi connectivity index (χ4n) is 1.25. The van der Waals surface area contributed by atoms with Crippen molar-refractivity contribution >= 4 is 11.7 Å². The van der Waals surface area contributed by atoms with E-state index in [1.807, 2.05) is 0 Å². The van der Waals surface area contributed by atoms with Crippen molar-refractivity contribution in [1.29, 1.82) is 0 Å². The van der Waals surface area contributed by atoms with Crippen LogP contribution in [0.25, 0.3) is 0 Å². The lowest BCUT2D eigenvalue weighted by molar-refractivity contribution is -0.387. The summed E-state index contributed by atoms with van der Waals surface area (Å²) in [6, 6.07) is 0. The third-order valence-corrected chi connectivity index (χ3v) is 1.88. The van der Waals surface area contributed by atoms with Crippen LogP contribution in [0.15, 0.2) is 6.20 Å². The van der Waals surface area contributed by atoms with Crippen LogP contribution >= 0.6 is 0 Å². The fourth-order valence-corrected chi connectivity index (χ4v) is 1.25. The van der Waals surface area contributed by atoms with Crippen LogP contribution < -0.4 is 4.74 Å². The number of pyridine rings is 1. The molecule has 0 radical (unpaired) electrons. The molecule has 1 aromatic heterocycles. The Morgan fingerprint density at radius 3 is 2.35 bits per heavy atom. The van der Waals surface area contributed by atoms with Gasteiger partial charge in [0.1, 0.15) is 0 Å². The number of carboxylic acids is 1. The van der Waals surface area contributed by atoms with Crippen LogP contribution in [0.4, 0.5) is 27.6 Å². The van der Waals surface area contributed by atoms with Crippen LogP contribution in [-0.4, -0.2) is 27.3 Å². The molecule has 1 rings (SSSR count). The maximum Gasteiger partial charge on any atom is 0.573 e. The minimum Gasteiger partial charge on any atom is -0.477 e. The standard InChI is InChI=1S/C8H3F5N2O5/c9-6(10)4-5(15(18)19)3(7(16)17)2(1-14-4)20-8(11,12)13/h1,6H,(H,16,17). The number of aromatic carboxylic acids is 1. The monoisotopic (exact) mass is 302 g/mol. The molecule has 0 aliphatic heterocycles. The van der Waals surface area contributed by atoms with Gasteiger partial charge in [0.15, 0.2) is 17.0 Å². The summed E-state index contributed by atoms with van der Waals surface area (Å²) in [7, 11) is 0. The van der Waals surface area contributed by atoms with Gasteiger partial charge in [-0.1, -0.05) is 0 Å². The second kappa shape index (κ2) is 5.22. The summed E-state index contributed by atoms with van der Waals surface area (Å²) in [5, 5.41) is 19.3. The highest BCUT2D eigenvalue weighted by molar-refractivity contribution is 5.96. The number of rotatable bonds is 4. The Morgan fingerprint density at radius 2 is 2.00 bits per heavy atom. The number of aromatic nitrogens is 1. The van der Waals surface area contributed by atoms with Gasteiger partial charge in [0.2, 0.25) is 0 Å². The quantitative estimate of drug-likeness (QED) is 0.521. The molecule has 0 bridgehead atoms. The Morgan fingerprint density at radius 1 is 1.45 bits per heavy atom. The summed E-state index contributed by atoms with van der Waals surface area (Å²) in [4.78, 5) is 22.6. The number of halogens is 5. The number of carboxylic acid groups (broad SMARTS) is 1. The molecule has 0 saturated carbocycles. The molecule has 0 aliphatic carbocycles. The zero-order valence-corrected chi connectivity index (χ0v) is 9.02. The molecule has 12 heteroatoms. The zero-order chi connectivity index (χ0) is 15.7. The Balaban J connectivity index is 3.61. The first-order valence-electron chi connectivity index (χ1n) is 4.49. The van der Waals surface area contributed by atoms with E-state index in [-0.39, 0.29) is 6.20 Å². The van der Waals surface area contributed by atoms with Crippen molar-refractivity contribution in [3.63, 3.8) is 0 Å². The third kappa shape index (κ3) is 3.27. The average Bonchev–Trinajstić information content (AvgIpc) is 2.24. The van der Waals surface area contributed by atoms with Crippen LogP contribution in [0.2, 0.25) is 0 Å². The zero-order valence-electron chi connectivity index (χ0n) is 9.02. The maximum absolute atomic E-state index is 12.5. The van der Waals surface area contributed by atoms with E-state index in [1.54, 1.807) is 0 Å². The molecule has 1 N–H and O–H groups in total. The molecule has 20 heavy (non-hydrogen) atoms. The predicted octanol–water partition coefficient (Wildman–Crippen LogP) is 2.52. The molecule has 1 aromatic rings. The van der Waals surface area contributed by atoms with E-state index >= 15 is 0 Å². The van der Waals surface area contributed by atoms with Gasteiger partial charge in [-0.25, -0.2) is 18.6 Å². The van der Waals surface area contributed by atoms with Gasteiger partial charge in [-0.15, -0.1) is 13.2 Å². The van der Waals surface area contributed by atoms with Gasteiger partial charge < -0.3 is 9.84 Å². The lowest BCUT2D eigenvalue weighted by atomic mass is 10.1. The number of hydrogen-bond acceptors (Lipinski definition) is 5. The first-order chi connectivity index (χ1) is 9.04. The van der Waals surface area contributed by atoms with Crippen LogP contribution in [-0.2, 0) is 0 Å². The van der Waals surface area contributed by atoms with Crippen molar-refractivity contribution in [3.05, 3.63) is 27.6 Å². The summed E-state index contributed by atoms with van der Waals surface area (Å²) in [6.45, 7) is 0. The molecule has 0 unspecified atom stereocenters. The normalized spacial score (nSPS) is 11.5. The number of nitro groups is 1. The van der Waals surface area contributed by atoms with E-state index in [9.17, 15) is 36.9 Å². The summed E-state index contributed by atoms with van der Waals surface area (Å²) in [5.74, 6) is -3.79. The first kappa shape index (κ1) is 15.5. The lowest BCUT2D eigenvalue weighted by Crippen LogP contribution is -2.20. The Labute approximate surface area is 105 Å². The third-order valence-electron chi connectivity index (χ3n) is 1.88. The highest BCUT2D eigenvalue weighted by Gasteiger charge is 2.39. The van der Waals surface area contributed by atoms with Crippen LogP contribution in [0.3, 0.4) is 0 Å². The number of carbonyl (C=O) groups is 1. The molecule has 0 fully saturated rings. The summed E-state index contributed by atoms with van der Waals surface area (Å²) < 4.78 is 64.2. The molecule has 7 nitrogen and oxygen atoms in total. The number of hydrogen-bond donors (Lipinski definition) is 1. The Hall–Kier alpha value is -2.53. The van der Waals surface area contributed by atoms with Crippen molar-refractivity contribution in [2.45, 2.75) is 12.8 Å². The molecule has 0 spiro atoms. The molecule has 110 valence electrons. The predicted molar refractivity (Wildman–Crippen MR) is 49.5 cm³/mol. The van der Waals surface area contributed by atoms with Gasteiger partial charge in [0.05, 0.1) is 11.1 Å². The molecule has 0 aliphatic rings. The molecular weight excluding hydrogens is 299 g/mol. The maximum atomic E-state index is 12.5. The minimum absolute atomic E-state index is 0.0332. The first-order valence-corrected chi connectivity index (χ1v) is 4.49. The van der Waals surface area contributed by atoms with E-state index in [1.165, 1.54) is 0 Å². The van der Waals surface area contributed by atoms with Crippen molar-refractivity contribution in [2.24, 2.45) is 0 Å². The topological polar surface area (TPSA) is 103 Å². The Bertz CT molecular complexity index is 559. The van der Waals surface area contributed by atoms with E-state index < -0.39 is 46.4 Å². The van der Waals surface area contributed by atoms with E-state index in [2.05, 4.69) is 9.72 Å². The van der Waals surface area contributed by atoms with Gasteiger partial charge in [0, 0.05) is 0 Å². The van der Waals surface area contributed by atoms with Crippen molar-refractivity contribution < 1.29 is 41.5 Å². The van der Waals surface area contributed by atoms with Crippen LogP contribution in [0.5, 0.6) is 5.75 Å². The van der Waals surface area contributed by atoms with E-state index in [0.29, 0.717) is 0 Å². The lowest BCUT2D eigenvalue weighted by Gasteiger charge is -2.12. The average molecular weight is 302 g/mol. The number of ether oxygens (including phenoxy) is 1. The number of nitrogens with zero attached hydrogens (tertiary/aromatic N) is 2. The van der Waals surface area contributed by atoms with Gasteiger partial charge >= 0.3 is 18.0 Å². The highest BCUT2D eigenvalue weighted by Crippen LogP contribution is 2.37. The van der Waals surface area contributed by atoms with Gasteiger partial charge in [0.25, 0.3) is 6.43 Å². The van der Waals surface area contributed by atoms with Crippen LogP contribution in [0, 0.1) is 10.1 Å². The smallest absolute Gasteiger partial charge is 0.477 e. The fraction of sp³-hybridized carbons (Fsp3) is 0.250. The molecular formula is C8H3F5N2O5. The highest BCUT2D eigenvalue weighted by atomic mass is 19.4. The molecule has 0 saturated heterocycles. The molecule has 0 aromatic carbocycles. The van der Waals surface area contributed by atoms with Crippen molar-refractivity contribution in [1.82, 2.24) is 4.98 Å². The van der Waals surface area contributed by atoms with Crippen LogP contribution in [0.1, 0.15) is 22.5 Å². The summed E-state index contributed by atoms with van der Waals surface area (Å²) >= 11 is 0. The molecule has 0 atom stereocenters. The summed E-state index contributed by atoms with van der Waals surface area (Å²) in [5.41, 5.74) is -4.98. The largest absolute Gasteiger partial charge is 0.573 e. The van der Waals surface area contributed by atoms with Gasteiger partial charge in [-0.2, -0.15) is 0 Å². The number of alkyl halides is 5. The van der Waals surface area contributed by atoms with Gasteiger partial charge in [-0.3, -0.25) is 10.1 Å². The van der Waals surface area contributed by atoms with Crippen molar-refractivity contribution in [3.8, 4) is 5.75 Å². The van der Waals surface area contributed by atoms with Crippen molar-refractivity contribution in [2.75, 3.05) is 0 Å². The second-order valence-electron chi connectivity index (χ2n) is 3.14. The Kier molecular flexibility index (Phi) is 4.06. The van der Waals surface area contributed by atoms with E-state index in [4.69, 9.17) is 5.11 Å². The molecule has 1 heterocycles. The minimum atomic E-state index is -5.37. The van der Waals surface area contributed by atoms with Gasteiger partial charge in [-0.05, 0) is 0 Å². The molecule has 0 amide bonds. The van der Waals surface area contributed by atoms with E-state index in [0.717, 1.165) is 0 Å².